The number of nitro benzene ring substituents is 1. The summed E-state index contributed by atoms with van der Waals surface area (Å²) >= 11 is 1.31. The van der Waals surface area contributed by atoms with Crippen LogP contribution < -0.4 is 15.4 Å². The average molecular weight is 373 g/mol. The molecule has 0 radical (unpaired) electrons. The van der Waals surface area contributed by atoms with Gasteiger partial charge in [0.1, 0.15) is 5.75 Å². The first kappa shape index (κ1) is 17.7. The summed E-state index contributed by atoms with van der Waals surface area (Å²) in [5.41, 5.74) is 0.743. The summed E-state index contributed by atoms with van der Waals surface area (Å²) in [6.07, 6.45) is -0.0727. The molecule has 1 aliphatic heterocycles. The minimum Gasteiger partial charge on any atom is -0.495 e. The molecule has 1 aliphatic rings. The molecule has 1 atom stereocenters. The van der Waals surface area contributed by atoms with Crippen LogP contribution in [-0.2, 0) is 9.59 Å². The fourth-order valence-corrected chi connectivity index (χ4v) is 3.61. The first-order valence-electron chi connectivity index (χ1n) is 7.67. The zero-order valence-corrected chi connectivity index (χ0v) is 14.5. The molecule has 0 aromatic heterocycles. The molecule has 0 unspecified atom stereocenters. The van der Waals surface area contributed by atoms with Gasteiger partial charge in [0, 0.05) is 23.4 Å². The maximum Gasteiger partial charge on any atom is 0.271 e. The third-order valence-corrected chi connectivity index (χ3v) is 5.02. The summed E-state index contributed by atoms with van der Waals surface area (Å²) in [5, 5.41) is 15.7. The Morgan fingerprint density at radius 2 is 2.12 bits per heavy atom. The lowest BCUT2D eigenvalue weighted by Gasteiger charge is -2.23. The number of benzene rings is 2. The zero-order valence-electron chi connectivity index (χ0n) is 13.7. The predicted octanol–water partition coefficient (Wildman–Crippen LogP) is 3.04. The summed E-state index contributed by atoms with van der Waals surface area (Å²) in [6.45, 7) is 0. The van der Waals surface area contributed by atoms with E-state index < -0.39 is 16.1 Å². The predicted molar refractivity (Wildman–Crippen MR) is 97.6 cm³/mol. The number of hydrogen-bond acceptors (Lipinski definition) is 6. The highest BCUT2D eigenvalue weighted by Gasteiger charge is 2.29. The first-order valence-corrected chi connectivity index (χ1v) is 8.54. The van der Waals surface area contributed by atoms with Gasteiger partial charge < -0.3 is 15.4 Å². The Kier molecular flexibility index (Phi) is 5.08. The molecule has 2 aromatic carbocycles. The van der Waals surface area contributed by atoms with Crippen LogP contribution in [0, 0.1) is 10.1 Å². The number of nitro groups is 1. The molecule has 1 heterocycles. The normalized spacial score (nSPS) is 15.6. The topological polar surface area (TPSA) is 111 Å². The molecule has 2 aromatic rings. The molecule has 134 valence electrons. The highest BCUT2D eigenvalue weighted by molar-refractivity contribution is 8.01. The van der Waals surface area contributed by atoms with E-state index in [9.17, 15) is 19.7 Å². The maximum absolute atomic E-state index is 12.4. The summed E-state index contributed by atoms with van der Waals surface area (Å²) in [5.74, 6) is -0.388. The van der Waals surface area contributed by atoms with E-state index >= 15 is 0 Å². The number of rotatable bonds is 5. The number of non-ortho nitro benzene ring substituents is 1. The van der Waals surface area contributed by atoms with Crippen molar-refractivity contribution in [3.05, 3.63) is 52.6 Å². The Bertz CT molecular complexity index is 886. The average Bonchev–Trinajstić information content (AvgIpc) is 2.62. The number of fused-ring (bicyclic) bond motifs is 1. The van der Waals surface area contributed by atoms with Gasteiger partial charge in [0.15, 0.2) is 0 Å². The van der Waals surface area contributed by atoms with E-state index in [1.165, 1.54) is 37.1 Å². The fourth-order valence-electron chi connectivity index (χ4n) is 2.50. The van der Waals surface area contributed by atoms with E-state index in [4.69, 9.17) is 4.74 Å². The Morgan fingerprint density at radius 1 is 1.35 bits per heavy atom. The minimum absolute atomic E-state index is 0.0727. The summed E-state index contributed by atoms with van der Waals surface area (Å²) < 4.78 is 5.12. The standard InChI is InChI=1S/C17H15N3O5S/c1-25-13-7-6-10(20(23)24)8-12(13)18-16(21)9-15-17(22)19-11-4-2-3-5-14(11)26-15/h2-8,15H,9H2,1H3,(H,18,21)(H,19,22)/t15-/m1/s1. The van der Waals surface area contributed by atoms with Crippen molar-refractivity contribution in [2.45, 2.75) is 16.6 Å². The molecule has 0 saturated carbocycles. The number of hydrogen-bond donors (Lipinski definition) is 2. The molecule has 9 heteroatoms. The van der Waals surface area contributed by atoms with Crippen LogP contribution in [0.4, 0.5) is 17.1 Å². The third kappa shape index (κ3) is 3.77. The number of amides is 2. The van der Waals surface area contributed by atoms with Crippen LogP contribution in [0.2, 0.25) is 0 Å². The van der Waals surface area contributed by atoms with Gasteiger partial charge in [-0.05, 0) is 18.2 Å². The van der Waals surface area contributed by atoms with Gasteiger partial charge in [0.05, 0.1) is 28.7 Å². The second kappa shape index (κ2) is 7.44. The molecule has 0 bridgehead atoms. The third-order valence-electron chi connectivity index (χ3n) is 3.75. The van der Waals surface area contributed by atoms with Crippen molar-refractivity contribution in [1.29, 1.82) is 0 Å². The van der Waals surface area contributed by atoms with E-state index in [0.717, 1.165) is 10.6 Å². The second-order valence-electron chi connectivity index (χ2n) is 5.49. The maximum atomic E-state index is 12.4. The van der Waals surface area contributed by atoms with E-state index in [0.29, 0.717) is 5.75 Å². The highest BCUT2D eigenvalue weighted by atomic mass is 32.2. The minimum atomic E-state index is -0.588. The SMILES string of the molecule is COc1ccc([N+](=O)[O-])cc1NC(=O)C[C@H]1Sc2ccccc2NC1=O. The van der Waals surface area contributed by atoms with E-state index in [2.05, 4.69) is 10.6 Å². The van der Waals surface area contributed by atoms with E-state index in [1.807, 2.05) is 18.2 Å². The summed E-state index contributed by atoms with van der Waals surface area (Å²) in [7, 11) is 1.40. The Morgan fingerprint density at radius 3 is 2.85 bits per heavy atom. The Hall–Kier alpha value is -3.07. The van der Waals surface area contributed by atoms with Gasteiger partial charge in [-0.25, -0.2) is 0 Å². The number of para-hydroxylation sites is 1. The van der Waals surface area contributed by atoms with E-state index in [1.54, 1.807) is 6.07 Å². The molecule has 3 rings (SSSR count). The lowest BCUT2D eigenvalue weighted by atomic mass is 10.2. The molecular formula is C17H15N3O5S. The van der Waals surface area contributed by atoms with Crippen molar-refractivity contribution in [3.63, 3.8) is 0 Å². The lowest BCUT2D eigenvalue weighted by molar-refractivity contribution is -0.384. The van der Waals surface area contributed by atoms with Crippen molar-refractivity contribution >= 4 is 40.6 Å². The molecule has 2 N–H and O–H groups in total. The van der Waals surface area contributed by atoms with Crippen molar-refractivity contribution in [1.82, 2.24) is 0 Å². The fraction of sp³-hybridized carbons (Fsp3) is 0.176. The second-order valence-corrected chi connectivity index (χ2v) is 6.73. The monoisotopic (exact) mass is 373 g/mol. The molecule has 2 amide bonds. The molecule has 0 spiro atoms. The molecule has 26 heavy (non-hydrogen) atoms. The van der Waals surface area contributed by atoms with Gasteiger partial charge >= 0.3 is 0 Å². The molecular weight excluding hydrogens is 358 g/mol. The molecule has 8 nitrogen and oxygen atoms in total. The number of ether oxygens (including phenoxy) is 1. The van der Waals surface area contributed by atoms with Gasteiger partial charge in [0.2, 0.25) is 11.8 Å². The van der Waals surface area contributed by atoms with Crippen LogP contribution >= 0.6 is 11.8 Å². The largest absolute Gasteiger partial charge is 0.495 e. The number of methoxy groups -OCH3 is 1. The Labute approximate surface area is 153 Å². The number of thioether (sulfide) groups is 1. The molecule has 0 fully saturated rings. The summed E-state index contributed by atoms with van der Waals surface area (Å²) in [6, 6.07) is 11.3. The van der Waals surface area contributed by atoms with E-state index in [-0.39, 0.29) is 23.7 Å². The number of anilines is 2. The van der Waals surface area contributed by atoms with Gasteiger partial charge in [-0.15, -0.1) is 11.8 Å². The smallest absolute Gasteiger partial charge is 0.271 e. The quantitative estimate of drug-likeness (QED) is 0.616. The lowest BCUT2D eigenvalue weighted by Crippen LogP contribution is -2.32. The van der Waals surface area contributed by atoms with Crippen molar-refractivity contribution < 1.29 is 19.2 Å². The van der Waals surface area contributed by atoms with Crippen molar-refractivity contribution in [2.75, 3.05) is 17.7 Å². The van der Waals surface area contributed by atoms with Crippen LogP contribution in [0.15, 0.2) is 47.4 Å². The van der Waals surface area contributed by atoms with Gasteiger partial charge in [-0.1, -0.05) is 12.1 Å². The van der Waals surface area contributed by atoms with Crippen LogP contribution in [0.5, 0.6) is 5.75 Å². The van der Waals surface area contributed by atoms with Crippen LogP contribution in [0.3, 0.4) is 0 Å². The van der Waals surface area contributed by atoms with Gasteiger partial charge in [0.25, 0.3) is 5.69 Å². The summed E-state index contributed by atoms with van der Waals surface area (Å²) in [4.78, 5) is 35.8. The Balaban J connectivity index is 1.72. The van der Waals surface area contributed by atoms with Gasteiger partial charge in [-0.2, -0.15) is 0 Å². The number of nitrogens with zero attached hydrogens (tertiary/aromatic N) is 1. The van der Waals surface area contributed by atoms with Crippen LogP contribution in [0.25, 0.3) is 0 Å². The zero-order chi connectivity index (χ0) is 18.7. The van der Waals surface area contributed by atoms with Crippen LogP contribution in [-0.4, -0.2) is 29.1 Å². The number of nitrogens with one attached hydrogen (secondary N) is 2. The first-order chi connectivity index (χ1) is 12.5. The molecule has 0 saturated heterocycles. The number of carbonyl (C=O) groups is 2. The van der Waals surface area contributed by atoms with Crippen molar-refractivity contribution in [3.8, 4) is 5.75 Å². The van der Waals surface area contributed by atoms with Crippen LogP contribution in [0.1, 0.15) is 6.42 Å². The van der Waals surface area contributed by atoms with Gasteiger partial charge in [-0.3, -0.25) is 19.7 Å². The van der Waals surface area contributed by atoms with Crippen molar-refractivity contribution in [2.24, 2.45) is 0 Å². The number of carbonyl (C=O) groups excluding carboxylic acids is 2. The highest BCUT2D eigenvalue weighted by Crippen LogP contribution is 2.37. The molecule has 0 aliphatic carbocycles.